The molecule has 122 valence electrons. The number of benzene rings is 1. The van der Waals surface area contributed by atoms with Crippen molar-refractivity contribution in [3.63, 3.8) is 0 Å². The van der Waals surface area contributed by atoms with Crippen molar-refractivity contribution in [3.8, 4) is 0 Å². The van der Waals surface area contributed by atoms with Crippen molar-refractivity contribution >= 4 is 5.69 Å². The summed E-state index contributed by atoms with van der Waals surface area (Å²) >= 11 is 0. The zero-order valence-electron chi connectivity index (χ0n) is 12.8. The summed E-state index contributed by atoms with van der Waals surface area (Å²) in [5.74, 6) is 0. The molecule has 2 aliphatic heterocycles. The molecule has 1 atom stereocenters. The minimum Gasteiger partial charge on any atom is -0.367 e. The summed E-state index contributed by atoms with van der Waals surface area (Å²) in [6.45, 7) is 7.44. The third-order valence-electron chi connectivity index (χ3n) is 4.67. The Bertz CT molecular complexity index is 524. The lowest BCUT2D eigenvalue weighted by Gasteiger charge is -2.34. The van der Waals surface area contributed by atoms with E-state index in [1.54, 1.807) is 0 Å². The number of nitrogens with one attached hydrogen (secondary N) is 1. The highest BCUT2D eigenvalue weighted by atomic mass is 19.4. The van der Waals surface area contributed by atoms with E-state index in [9.17, 15) is 13.2 Å². The molecular weight excluding hydrogens is 291 g/mol. The number of anilines is 1. The molecule has 2 aliphatic rings. The summed E-state index contributed by atoms with van der Waals surface area (Å²) in [5, 5.41) is 3.31. The van der Waals surface area contributed by atoms with E-state index in [4.69, 9.17) is 0 Å². The van der Waals surface area contributed by atoms with E-state index in [0.717, 1.165) is 45.0 Å². The predicted molar refractivity (Wildman–Crippen MR) is 81.3 cm³/mol. The van der Waals surface area contributed by atoms with Crippen LogP contribution in [0.5, 0.6) is 0 Å². The Labute approximate surface area is 129 Å². The highest BCUT2D eigenvalue weighted by Crippen LogP contribution is 2.41. The summed E-state index contributed by atoms with van der Waals surface area (Å²) in [7, 11) is 0. The molecule has 0 saturated carbocycles. The smallest absolute Gasteiger partial charge is 0.367 e. The van der Waals surface area contributed by atoms with Gasteiger partial charge in [0, 0.05) is 51.0 Å². The van der Waals surface area contributed by atoms with Gasteiger partial charge in [-0.1, -0.05) is 6.07 Å². The molecule has 1 N–H and O–H groups in total. The van der Waals surface area contributed by atoms with Crippen molar-refractivity contribution in [2.24, 2.45) is 0 Å². The van der Waals surface area contributed by atoms with Crippen LogP contribution in [0.4, 0.5) is 18.9 Å². The molecule has 1 aromatic rings. The Kier molecular flexibility index (Phi) is 4.32. The van der Waals surface area contributed by atoms with Crippen molar-refractivity contribution in [2.45, 2.75) is 25.6 Å². The summed E-state index contributed by atoms with van der Waals surface area (Å²) < 4.78 is 39.7. The molecule has 22 heavy (non-hydrogen) atoms. The molecular formula is C16H22F3N3. The Morgan fingerprint density at radius 1 is 1.23 bits per heavy atom. The van der Waals surface area contributed by atoms with E-state index in [2.05, 4.69) is 15.1 Å². The number of rotatable bonds is 3. The number of hydrogen-bond acceptors (Lipinski definition) is 3. The third kappa shape index (κ3) is 2.94. The zero-order valence-corrected chi connectivity index (χ0v) is 12.8. The Morgan fingerprint density at radius 3 is 2.59 bits per heavy atom. The first-order valence-corrected chi connectivity index (χ1v) is 7.89. The minimum atomic E-state index is -4.27. The van der Waals surface area contributed by atoms with Crippen molar-refractivity contribution in [1.82, 2.24) is 10.2 Å². The van der Waals surface area contributed by atoms with Gasteiger partial charge in [0.15, 0.2) is 0 Å². The number of nitrogens with zero attached hydrogens (tertiary/aromatic N) is 2. The molecule has 0 aliphatic carbocycles. The van der Waals surface area contributed by atoms with E-state index in [0.29, 0.717) is 12.0 Å². The second-order valence-electron chi connectivity index (χ2n) is 6.00. The molecule has 3 nitrogen and oxygen atoms in total. The lowest BCUT2D eigenvalue weighted by molar-refractivity contribution is -0.138. The van der Waals surface area contributed by atoms with Crippen LogP contribution in [0, 0.1) is 0 Å². The Balaban J connectivity index is 1.83. The molecule has 0 spiro atoms. The summed E-state index contributed by atoms with van der Waals surface area (Å²) in [6.07, 6.45) is -3.78. The van der Waals surface area contributed by atoms with Gasteiger partial charge in [0.1, 0.15) is 0 Å². The molecule has 0 aromatic heterocycles. The van der Waals surface area contributed by atoms with E-state index < -0.39 is 11.7 Å². The standard InChI is InChI=1S/C16H22F3N3/c1-2-22-12(11-21-8-6-20-7-9-21)10-13-14(16(17,18)19)4-3-5-15(13)22/h3-5,12,20H,2,6-11H2,1H3. The quantitative estimate of drug-likeness (QED) is 0.924. The van der Waals surface area contributed by atoms with Gasteiger partial charge < -0.3 is 10.2 Å². The lowest BCUT2D eigenvalue weighted by Crippen LogP contribution is -2.49. The van der Waals surface area contributed by atoms with Crippen LogP contribution in [0.25, 0.3) is 0 Å². The van der Waals surface area contributed by atoms with Crippen LogP contribution in [-0.4, -0.2) is 50.2 Å². The number of likely N-dealkylation sites (N-methyl/N-ethyl adjacent to an activating group) is 1. The van der Waals surface area contributed by atoms with Gasteiger partial charge in [-0.25, -0.2) is 0 Å². The normalized spacial score (nSPS) is 22.9. The molecule has 1 fully saturated rings. The maximum Gasteiger partial charge on any atom is 0.416 e. The van der Waals surface area contributed by atoms with Gasteiger partial charge in [0.2, 0.25) is 0 Å². The van der Waals surface area contributed by atoms with Gasteiger partial charge in [-0.2, -0.15) is 13.2 Å². The highest BCUT2D eigenvalue weighted by Gasteiger charge is 2.39. The predicted octanol–water partition coefficient (Wildman–Crippen LogP) is 2.36. The fourth-order valence-electron chi connectivity index (χ4n) is 3.65. The fourth-order valence-corrected chi connectivity index (χ4v) is 3.65. The van der Waals surface area contributed by atoms with Crippen LogP contribution >= 0.6 is 0 Å². The van der Waals surface area contributed by atoms with E-state index in [1.807, 2.05) is 13.0 Å². The van der Waals surface area contributed by atoms with Crippen LogP contribution < -0.4 is 10.2 Å². The van der Waals surface area contributed by atoms with E-state index in [-0.39, 0.29) is 6.04 Å². The first kappa shape index (κ1) is 15.6. The molecule has 0 radical (unpaired) electrons. The molecule has 6 heteroatoms. The monoisotopic (exact) mass is 313 g/mol. The molecule has 1 unspecified atom stereocenters. The second-order valence-corrected chi connectivity index (χ2v) is 6.00. The number of piperazine rings is 1. The van der Waals surface area contributed by atoms with Gasteiger partial charge in [0.25, 0.3) is 0 Å². The van der Waals surface area contributed by atoms with Gasteiger partial charge in [-0.3, -0.25) is 4.90 Å². The van der Waals surface area contributed by atoms with E-state index in [1.165, 1.54) is 12.1 Å². The average Bonchev–Trinajstić information content (AvgIpc) is 2.84. The summed E-state index contributed by atoms with van der Waals surface area (Å²) in [4.78, 5) is 4.48. The van der Waals surface area contributed by atoms with Crippen molar-refractivity contribution < 1.29 is 13.2 Å². The zero-order chi connectivity index (χ0) is 15.7. The van der Waals surface area contributed by atoms with Gasteiger partial charge in [-0.05, 0) is 31.0 Å². The Hall–Kier alpha value is -1.27. The van der Waals surface area contributed by atoms with Crippen molar-refractivity contribution in [1.29, 1.82) is 0 Å². The molecule has 0 amide bonds. The molecule has 1 aromatic carbocycles. The van der Waals surface area contributed by atoms with Gasteiger partial charge in [0.05, 0.1) is 5.56 Å². The largest absolute Gasteiger partial charge is 0.416 e. The first-order valence-electron chi connectivity index (χ1n) is 7.89. The Morgan fingerprint density at radius 2 is 1.95 bits per heavy atom. The third-order valence-corrected chi connectivity index (χ3v) is 4.67. The van der Waals surface area contributed by atoms with Gasteiger partial charge >= 0.3 is 6.18 Å². The van der Waals surface area contributed by atoms with Crippen molar-refractivity contribution in [2.75, 3.05) is 44.2 Å². The van der Waals surface area contributed by atoms with Crippen molar-refractivity contribution in [3.05, 3.63) is 29.3 Å². The fraction of sp³-hybridized carbons (Fsp3) is 0.625. The summed E-state index contributed by atoms with van der Waals surface area (Å²) in [5.41, 5.74) is 0.765. The second kappa shape index (κ2) is 6.08. The first-order chi connectivity index (χ1) is 10.5. The maximum atomic E-state index is 13.2. The van der Waals surface area contributed by atoms with Crippen LogP contribution in [0.2, 0.25) is 0 Å². The average molecular weight is 313 g/mol. The molecule has 0 bridgehead atoms. The summed E-state index contributed by atoms with van der Waals surface area (Å²) in [6, 6.07) is 4.70. The molecule has 2 heterocycles. The molecule has 3 rings (SSSR count). The maximum absolute atomic E-state index is 13.2. The van der Waals surface area contributed by atoms with Gasteiger partial charge in [-0.15, -0.1) is 0 Å². The SMILES string of the molecule is CCN1c2cccc(C(F)(F)F)c2CC1CN1CCNCC1. The minimum absolute atomic E-state index is 0.140. The van der Waals surface area contributed by atoms with Crippen LogP contribution in [0.1, 0.15) is 18.1 Å². The molecule has 1 saturated heterocycles. The van der Waals surface area contributed by atoms with E-state index >= 15 is 0 Å². The topological polar surface area (TPSA) is 18.5 Å². The number of alkyl halides is 3. The lowest BCUT2D eigenvalue weighted by atomic mass is 10.0. The van der Waals surface area contributed by atoms with Crippen LogP contribution in [-0.2, 0) is 12.6 Å². The number of hydrogen-bond donors (Lipinski definition) is 1. The highest BCUT2D eigenvalue weighted by molar-refractivity contribution is 5.63. The van der Waals surface area contributed by atoms with Crippen LogP contribution in [0.3, 0.4) is 0 Å². The van der Waals surface area contributed by atoms with Crippen LogP contribution in [0.15, 0.2) is 18.2 Å². The number of fused-ring (bicyclic) bond motifs is 1. The number of halogens is 3.